The summed E-state index contributed by atoms with van der Waals surface area (Å²) in [6.45, 7) is 7.98. The van der Waals surface area contributed by atoms with Crippen LogP contribution in [0.15, 0.2) is 42.5 Å². The van der Waals surface area contributed by atoms with Gasteiger partial charge in [0.25, 0.3) is 5.91 Å². The fourth-order valence-corrected chi connectivity index (χ4v) is 3.97. The lowest BCUT2D eigenvalue weighted by Crippen LogP contribution is -2.34. The van der Waals surface area contributed by atoms with Crippen molar-refractivity contribution in [1.82, 2.24) is 15.2 Å². The first-order valence-electron chi connectivity index (χ1n) is 11.7. The number of rotatable bonds is 8. The van der Waals surface area contributed by atoms with E-state index in [1.54, 1.807) is 62.8 Å². The Morgan fingerprint density at radius 2 is 1.67 bits per heavy atom. The van der Waals surface area contributed by atoms with Crippen LogP contribution in [-0.4, -0.2) is 48.3 Å². The maximum absolute atomic E-state index is 13.4. The van der Waals surface area contributed by atoms with Gasteiger partial charge in [0.2, 0.25) is 5.91 Å². The van der Waals surface area contributed by atoms with Crippen LogP contribution in [0.1, 0.15) is 48.8 Å². The molecular formula is C27H32ClN3O5. The molecule has 0 aliphatic rings. The molecule has 36 heavy (non-hydrogen) atoms. The van der Waals surface area contributed by atoms with Crippen molar-refractivity contribution < 1.29 is 23.9 Å². The third-order valence-corrected chi connectivity index (χ3v) is 5.77. The number of hydrogen-bond acceptors (Lipinski definition) is 5. The molecule has 0 radical (unpaired) electrons. The number of benzene rings is 2. The van der Waals surface area contributed by atoms with E-state index in [0.717, 1.165) is 10.9 Å². The molecule has 0 fully saturated rings. The van der Waals surface area contributed by atoms with Gasteiger partial charge in [0.15, 0.2) is 0 Å². The quantitative estimate of drug-likeness (QED) is 0.418. The molecule has 0 unspecified atom stereocenters. The summed E-state index contributed by atoms with van der Waals surface area (Å²) in [6, 6.07) is 12.1. The first-order valence-corrected chi connectivity index (χ1v) is 12.1. The number of aromatic nitrogens is 1. The minimum absolute atomic E-state index is 0.0931. The molecule has 0 bridgehead atoms. The van der Waals surface area contributed by atoms with Crippen molar-refractivity contribution in [3.8, 4) is 5.75 Å². The number of amides is 2. The van der Waals surface area contributed by atoms with Crippen molar-refractivity contribution in [3.05, 3.63) is 64.3 Å². The van der Waals surface area contributed by atoms with E-state index in [0.29, 0.717) is 47.1 Å². The van der Waals surface area contributed by atoms with Crippen molar-refractivity contribution in [2.75, 3.05) is 20.2 Å². The van der Waals surface area contributed by atoms with Crippen LogP contribution in [0.4, 0.5) is 4.79 Å². The molecule has 0 spiro atoms. The van der Waals surface area contributed by atoms with E-state index in [4.69, 9.17) is 21.1 Å². The van der Waals surface area contributed by atoms with Gasteiger partial charge in [-0.3, -0.25) is 14.2 Å². The van der Waals surface area contributed by atoms with Crippen LogP contribution in [-0.2, 0) is 16.0 Å². The summed E-state index contributed by atoms with van der Waals surface area (Å²) in [6.07, 6.45) is 0.154. The number of nitrogens with zero attached hydrogens (tertiary/aromatic N) is 1. The van der Waals surface area contributed by atoms with Gasteiger partial charge < -0.3 is 20.1 Å². The predicted octanol–water partition coefficient (Wildman–Crippen LogP) is 4.87. The van der Waals surface area contributed by atoms with Crippen molar-refractivity contribution >= 4 is 40.4 Å². The van der Waals surface area contributed by atoms with Gasteiger partial charge in [0, 0.05) is 34.8 Å². The van der Waals surface area contributed by atoms with Crippen molar-refractivity contribution in [2.24, 2.45) is 0 Å². The Morgan fingerprint density at radius 3 is 2.31 bits per heavy atom. The predicted molar refractivity (Wildman–Crippen MR) is 140 cm³/mol. The topological polar surface area (TPSA) is 98.7 Å². The Hall–Kier alpha value is -3.52. The minimum atomic E-state index is -0.563. The molecule has 3 rings (SSSR count). The van der Waals surface area contributed by atoms with Crippen molar-refractivity contribution in [1.29, 1.82) is 0 Å². The zero-order valence-corrected chi connectivity index (χ0v) is 22.0. The second-order valence-corrected chi connectivity index (χ2v) is 9.84. The number of fused-ring (bicyclic) bond motifs is 1. The van der Waals surface area contributed by atoms with Gasteiger partial charge in [0.1, 0.15) is 11.4 Å². The summed E-state index contributed by atoms with van der Waals surface area (Å²) < 4.78 is 12.2. The van der Waals surface area contributed by atoms with E-state index in [1.165, 1.54) is 0 Å². The average Bonchev–Trinajstić information content (AvgIpc) is 3.08. The molecule has 3 aromatic rings. The zero-order valence-electron chi connectivity index (χ0n) is 21.2. The molecule has 192 valence electrons. The van der Waals surface area contributed by atoms with Crippen molar-refractivity contribution in [2.45, 2.75) is 46.1 Å². The smallest absolute Gasteiger partial charge is 0.407 e. The number of carbonyl (C=O) groups is 3. The van der Waals surface area contributed by atoms with Crippen molar-refractivity contribution in [3.63, 3.8) is 0 Å². The molecule has 9 heteroatoms. The number of methoxy groups -OCH3 is 1. The van der Waals surface area contributed by atoms with E-state index < -0.39 is 11.7 Å². The summed E-state index contributed by atoms with van der Waals surface area (Å²) in [5.41, 5.74) is 2.05. The van der Waals surface area contributed by atoms with Gasteiger partial charge in [-0.15, -0.1) is 0 Å². The fourth-order valence-electron chi connectivity index (χ4n) is 3.84. The lowest BCUT2D eigenvalue weighted by Gasteiger charge is -2.19. The summed E-state index contributed by atoms with van der Waals surface area (Å²) in [5, 5.41) is 6.87. The lowest BCUT2D eigenvalue weighted by molar-refractivity contribution is -0.120. The maximum atomic E-state index is 13.4. The van der Waals surface area contributed by atoms with Gasteiger partial charge in [-0.2, -0.15) is 0 Å². The Balaban J connectivity index is 1.73. The molecular weight excluding hydrogens is 482 g/mol. The number of alkyl carbamates (subject to hydrolysis) is 1. The third kappa shape index (κ3) is 6.79. The SMILES string of the molecule is COc1ccc2c(c1)c(CC(=O)NCCCNC(=O)OC(C)(C)C)c(C)n2C(=O)c1ccc(Cl)cc1. The molecule has 0 saturated heterocycles. The summed E-state index contributed by atoms with van der Waals surface area (Å²) >= 11 is 5.98. The normalized spacial score (nSPS) is 11.3. The molecule has 2 amide bonds. The fraction of sp³-hybridized carbons (Fsp3) is 0.370. The zero-order chi connectivity index (χ0) is 26.5. The molecule has 8 nitrogen and oxygen atoms in total. The van der Waals surface area contributed by atoms with Crippen LogP contribution < -0.4 is 15.4 Å². The molecule has 0 aliphatic carbocycles. The summed E-state index contributed by atoms with van der Waals surface area (Å²) in [7, 11) is 1.57. The summed E-state index contributed by atoms with van der Waals surface area (Å²) in [5.74, 6) is 0.240. The molecule has 0 aliphatic heterocycles. The maximum Gasteiger partial charge on any atom is 0.407 e. The van der Waals surface area contributed by atoms with Gasteiger partial charge >= 0.3 is 6.09 Å². The van der Waals surface area contributed by atoms with Crippen LogP contribution in [0.5, 0.6) is 5.75 Å². The van der Waals surface area contributed by atoms with Crippen LogP contribution in [0.25, 0.3) is 10.9 Å². The van der Waals surface area contributed by atoms with Crippen LogP contribution in [0.2, 0.25) is 5.02 Å². The molecule has 2 N–H and O–H groups in total. The number of carbonyl (C=O) groups excluding carboxylic acids is 3. The Bertz CT molecular complexity index is 1260. The van der Waals surface area contributed by atoms with Gasteiger partial charge in [-0.25, -0.2) is 4.79 Å². The number of nitrogens with one attached hydrogen (secondary N) is 2. The van der Waals surface area contributed by atoms with E-state index in [1.807, 2.05) is 19.1 Å². The molecule has 0 saturated carbocycles. The monoisotopic (exact) mass is 513 g/mol. The van der Waals surface area contributed by atoms with E-state index in [9.17, 15) is 14.4 Å². The first-order chi connectivity index (χ1) is 17.0. The second-order valence-electron chi connectivity index (χ2n) is 9.40. The molecule has 0 atom stereocenters. The van der Waals surface area contributed by atoms with E-state index in [2.05, 4.69) is 10.6 Å². The molecule has 1 heterocycles. The highest BCUT2D eigenvalue weighted by atomic mass is 35.5. The minimum Gasteiger partial charge on any atom is -0.497 e. The van der Waals surface area contributed by atoms with Gasteiger partial charge in [0.05, 0.1) is 19.0 Å². The Kier molecular flexibility index (Phi) is 8.63. The highest BCUT2D eigenvalue weighted by Gasteiger charge is 2.22. The highest BCUT2D eigenvalue weighted by Crippen LogP contribution is 2.30. The third-order valence-electron chi connectivity index (χ3n) is 5.52. The standard InChI is InChI=1S/C27H32ClN3O5/c1-17-21(16-24(32)29-13-6-14-30-26(34)36-27(2,3)4)22-15-20(35-5)11-12-23(22)31(17)25(33)18-7-9-19(28)10-8-18/h7-12,15H,6,13-14,16H2,1-5H3,(H,29,32)(H,30,34). The number of halogens is 1. The van der Waals surface area contributed by atoms with Gasteiger partial charge in [-0.1, -0.05) is 11.6 Å². The summed E-state index contributed by atoms with van der Waals surface area (Å²) in [4.78, 5) is 37.9. The van der Waals surface area contributed by atoms with E-state index >= 15 is 0 Å². The Morgan fingerprint density at radius 1 is 1.00 bits per heavy atom. The van der Waals surface area contributed by atoms with Crippen LogP contribution in [0.3, 0.4) is 0 Å². The highest BCUT2D eigenvalue weighted by molar-refractivity contribution is 6.30. The lowest BCUT2D eigenvalue weighted by atomic mass is 10.1. The van der Waals surface area contributed by atoms with Crippen LogP contribution in [0, 0.1) is 6.92 Å². The van der Waals surface area contributed by atoms with E-state index in [-0.39, 0.29) is 18.2 Å². The largest absolute Gasteiger partial charge is 0.497 e. The molecule has 2 aromatic carbocycles. The number of ether oxygens (including phenoxy) is 2. The van der Waals surface area contributed by atoms with Crippen LogP contribution >= 0.6 is 11.6 Å². The first kappa shape index (κ1) is 27.1. The average molecular weight is 514 g/mol. The Labute approximate surface area is 215 Å². The second kappa shape index (κ2) is 11.5. The van der Waals surface area contributed by atoms with Gasteiger partial charge in [-0.05, 0) is 82.1 Å². The number of hydrogen-bond donors (Lipinski definition) is 2. The molecule has 1 aromatic heterocycles.